The lowest BCUT2D eigenvalue weighted by molar-refractivity contribution is -0.120. The van der Waals surface area contributed by atoms with Crippen molar-refractivity contribution in [2.45, 2.75) is 31.7 Å². The highest BCUT2D eigenvalue weighted by molar-refractivity contribution is 7.92. The van der Waals surface area contributed by atoms with E-state index in [4.69, 9.17) is 0 Å². The first-order valence-electron chi connectivity index (χ1n) is 11.8. The summed E-state index contributed by atoms with van der Waals surface area (Å²) in [5.41, 5.74) is 5.16. The SMILES string of the molecule is Cc1cccc(C(NC(=O)CN(c2cccc(C)c2C)S(=O)(=O)c2ccccc2)c2ccccc2)c1. The minimum Gasteiger partial charge on any atom is -0.344 e. The first-order chi connectivity index (χ1) is 17.3. The second-order valence-corrected chi connectivity index (χ2v) is 10.7. The van der Waals surface area contributed by atoms with Crippen molar-refractivity contribution < 1.29 is 13.2 Å². The fourth-order valence-electron chi connectivity index (χ4n) is 4.22. The molecule has 0 fully saturated rings. The number of nitrogens with one attached hydrogen (secondary N) is 1. The Hall–Kier alpha value is -3.90. The predicted molar refractivity (Wildman–Crippen MR) is 144 cm³/mol. The maximum Gasteiger partial charge on any atom is 0.264 e. The van der Waals surface area contributed by atoms with Crippen LogP contribution < -0.4 is 9.62 Å². The van der Waals surface area contributed by atoms with Gasteiger partial charge in [-0.05, 0) is 61.2 Å². The average Bonchev–Trinajstić information content (AvgIpc) is 2.88. The third-order valence-corrected chi connectivity index (χ3v) is 8.05. The Kier molecular flexibility index (Phi) is 7.55. The van der Waals surface area contributed by atoms with Crippen LogP contribution in [0.5, 0.6) is 0 Å². The number of carbonyl (C=O) groups is 1. The summed E-state index contributed by atoms with van der Waals surface area (Å²) in [6.45, 7) is 5.45. The summed E-state index contributed by atoms with van der Waals surface area (Å²) >= 11 is 0. The van der Waals surface area contributed by atoms with Crippen LogP contribution in [0.3, 0.4) is 0 Å². The molecule has 6 heteroatoms. The van der Waals surface area contributed by atoms with Gasteiger partial charge in [0, 0.05) is 0 Å². The first kappa shape index (κ1) is 25.2. The molecule has 1 amide bonds. The molecule has 36 heavy (non-hydrogen) atoms. The van der Waals surface area contributed by atoms with E-state index in [0.29, 0.717) is 5.69 Å². The number of benzene rings is 4. The Morgan fingerprint density at radius 3 is 2.06 bits per heavy atom. The lowest BCUT2D eigenvalue weighted by Gasteiger charge is -2.28. The standard InChI is InChI=1S/C30H30N2O3S/c1-22-12-10-16-26(20-22)30(25-14-6-4-7-15-25)31-29(33)21-32(28-19-11-13-23(2)24(28)3)36(34,35)27-17-8-5-9-18-27/h4-20,30H,21H2,1-3H3,(H,31,33). The maximum atomic E-state index is 13.7. The summed E-state index contributed by atoms with van der Waals surface area (Å²) in [5.74, 6) is -0.397. The van der Waals surface area contributed by atoms with Gasteiger partial charge in [-0.2, -0.15) is 0 Å². The van der Waals surface area contributed by atoms with Crippen molar-refractivity contribution in [2.75, 3.05) is 10.8 Å². The second kappa shape index (κ2) is 10.8. The molecule has 184 valence electrons. The van der Waals surface area contributed by atoms with Gasteiger partial charge >= 0.3 is 0 Å². The molecule has 0 aliphatic rings. The smallest absolute Gasteiger partial charge is 0.264 e. The largest absolute Gasteiger partial charge is 0.344 e. The highest BCUT2D eigenvalue weighted by Crippen LogP contribution is 2.29. The molecule has 0 heterocycles. The quantitative estimate of drug-likeness (QED) is 0.338. The van der Waals surface area contributed by atoms with Crippen LogP contribution in [0, 0.1) is 20.8 Å². The highest BCUT2D eigenvalue weighted by atomic mass is 32.2. The molecule has 5 nitrogen and oxygen atoms in total. The molecule has 0 aromatic heterocycles. The Balaban J connectivity index is 1.72. The van der Waals surface area contributed by atoms with E-state index >= 15 is 0 Å². The summed E-state index contributed by atoms with van der Waals surface area (Å²) < 4.78 is 28.7. The van der Waals surface area contributed by atoms with Gasteiger partial charge in [-0.25, -0.2) is 8.42 Å². The van der Waals surface area contributed by atoms with Crippen molar-refractivity contribution in [1.82, 2.24) is 5.32 Å². The minimum atomic E-state index is -3.99. The van der Waals surface area contributed by atoms with E-state index in [1.165, 1.54) is 4.31 Å². The van der Waals surface area contributed by atoms with Crippen LogP contribution in [0.2, 0.25) is 0 Å². The lowest BCUT2D eigenvalue weighted by atomic mass is 9.97. The van der Waals surface area contributed by atoms with Gasteiger partial charge in [0.2, 0.25) is 5.91 Å². The third kappa shape index (κ3) is 5.50. The molecule has 1 atom stereocenters. The second-order valence-electron chi connectivity index (χ2n) is 8.87. The van der Waals surface area contributed by atoms with E-state index < -0.39 is 22.0 Å². The van der Waals surface area contributed by atoms with Crippen LogP contribution in [0.25, 0.3) is 0 Å². The number of carbonyl (C=O) groups excluding carboxylic acids is 1. The van der Waals surface area contributed by atoms with Crippen LogP contribution in [0.1, 0.15) is 33.9 Å². The van der Waals surface area contributed by atoms with Crippen LogP contribution in [0.15, 0.2) is 108 Å². The predicted octanol–water partition coefficient (Wildman–Crippen LogP) is 5.71. The number of hydrogen-bond acceptors (Lipinski definition) is 3. The van der Waals surface area contributed by atoms with Gasteiger partial charge in [0.15, 0.2) is 0 Å². The van der Waals surface area contributed by atoms with Crippen LogP contribution in [-0.2, 0) is 14.8 Å². The van der Waals surface area contributed by atoms with E-state index in [-0.39, 0.29) is 11.4 Å². The molecular weight excluding hydrogens is 468 g/mol. The molecule has 0 aliphatic heterocycles. The zero-order chi connectivity index (χ0) is 25.7. The molecular formula is C30H30N2O3S. The fourth-order valence-corrected chi connectivity index (χ4v) is 5.72. The first-order valence-corrected chi connectivity index (χ1v) is 13.3. The number of sulfonamides is 1. The van der Waals surface area contributed by atoms with Gasteiger partial charge in [0.25, 0.3) is 10.0 Å². The maximum absolute atomic E-state index is 13.7. The van der Waals surface area contributed by atoms with E-state index in [2.05, 4.69) is 5.32 Å². The molecule has 0 bridgehead atoms. The van der Waals surface area contributed by atoms with Crippen LogP contribution >= 0.6 is 0 Å². The summed E-state index contributed by atoms with van der Waals surface area (Å²) in [4.78, 5) is 13.7. The van der Waals surface area contributed by atoms with Crippen LogP contribution in [-0.4, -0.2) is 20.9 Å². The molecule has 4 aromatic rings. The number of rotatable bonds is 8. The Morgan fingerprint density at radius 1 is 0.778 bits per heavy atom. The molecule has 0 saturated heterocycles. The molecule has 1 unspecified atom stereocenters. The number of anilines is 1. The molecule has 4 rings (SSSR count). The number of aryl methyl sites for hydroxylation is 2. The van der Waals surface area contributed by atoms with Gasteiger partial charge in [0.05, 0.1) is 16.6 Å². The van der Waals surface area contributed by atoms with Crippen molar-refractivity contribution in [3.63, 3.8) is 0 Å². The van der Waals surface area contributed by atoms with E-state index in [9.17, 15) is 13.2 Å². The average molecular weight is 499 g/mol. The number of nitrogens with zero attached hydrogens (tertiary/aromatic N) is 1. The van der Waals surface area contributed by atoms with E-state index in [1.807, 2.05) is 87.5 Å². The van der Waals surface area contributed by atoms with Gasteiger partial charge in [0.1, 0.15) is 6.54 Å². The monoisotopic (exact) mass is 498 g/mol. The van der Waals surface area contributed by atoms with Gasteiger partial charge in [-0.1, -0.05) is 90.5 Å². The number of hydrogen-bond donors (Lipinski definition) is 1. The molecule has 0 saturated carbocycles. The Labute approximate surface area is 213 Å². The summed E-state index contributed by atoms with van der Waals surface area (Å²) in [5, 5.41) is 3.09. The highest BCUT2D eigenvalue weighted by Gasteiger charge is 2.29. The van der Waals surface area contributed by atoms with Crippen LogP contribution in [0.4, 0.5) is 5.69 Å². The normalized spacial score (nSPS) is 12.1. The van der Waals surface area contributed by atoms with Gasteiger partial charge < -0.3 is 5.32 Å². The molecule has 0 radical (unpaired) electrons. The Bertz CT molecular complexity index is 1450. The van der Waals surface area contributed by atoms with Crippen molar-refractivity contribution in [1.29, 1.82) is 0 Å². The third-order valence-electron chi connectivity index (χ3n) is 6.28. The topological polar surface area (TPSA) is 66.5 Å². The van der Waals surface area contributed by atoms with Gasteiger partial charge in [-0.15, -0.1) is 0 Å². The number of amides is 1. The Morgan fingerprint density at radius 2 is 1.39 bits per heavy atom. The molecule has 0 spiro atoms. The lowest BCUT2D eigenvalue weighted by Crippen LogP contribution is -2.42. The van der Waals surface area contributed by atoms with E-state index in [1.54, 1.807) is 36.4 Å². The van der Waals surface area contributed by atoms with Gasteiger partial charge in [-0.3, -0.25) is 9.10 Å². The van der Waals surface area contributed by atoms with E-state index in [0.717, 1.165) is 27.8 Å². The fraction of sp³-hybridized carbons (Fsp3) is 0.167. The van der Waals surface area contributed by atoms with Crippen molar-refractivity contribution in [3.05, 3.63) is 131 Å². The van der Waals surface area contributed by atoms with Crippen molar-refractivity contribution in [2.24, 2.45) is 0 Å². The molecule has 1 N–H and O–H groups in total. The molecule has 4 aromatic carbocycles. The zero-order valence-electron chi connectivity index (χ0n) is 20.7. The zero-order valence-corrected chi connectivity index (χ0v) is 21.5. The molecule has 0 aliphatic carbocycles. The summed E-state index contributed by atoms with van der Waals surface area (Å²) in [6, 6.07) is 30.9. The summed E-state index contributed by atoms with van der Waals surface area (Å²) in [7, 11) is -3.99. The van der Waals surface area contributed by atoms with Crippen molar-refractivity contribution in [3.8, 4) is 0 Å². The summed E-state index contributed by atoms with van der Waals surface area (Å²) in [6.07, 6.45) is 0. The minimum absolute atomic E-state index is 0.136. The van der Waals surface area contributed by atoms with Crippen molar-refractivity contribution >= 4 is 21.6 Å².